The summed E-state index contributed by atoms with van der Waals surface area (Å²) in [6, 6.07) is 18.8. The molecular weight excluding hydrogens is 366 g/mol. The molecule has 0 saturated carbocycles. The summed E-state index contributed by atoms with van der Waals surface area (Å²) in [4.78, 5) is 21.9. The summed E-state index contributed by atoms with van der Waals surface area (Å²) < 4.78 is 1.23. The molecule has 1 amide bonds. The van der Waals surface area contributed by atoms with Crippen LogP contribution >= 0.6 is 11.3 Å². The van der Waals surface area contributed by atoms with Crippen molar-refractivity contribution in [3.8, 4) is 0 Å². The molecule has 28 heavy (non-hydrogen) atoms. The lowest BCUT2D eigenvalue weighted by Crippen LogP contribution is -2.35. The molecule has 0 spiro atoms. The smallest absolute Gasteiger partial charge is 0.222 e. The lowest BCUT2D eigenvalue weighted by molar-refractivity contribution is -0.131. The van der Waals surface area contributed by atoms with Gasteiger partial charge in [-0.05, 0) is 37.0 Å². The maximum atomic E-state index is 12.7. The Hall–Kier alpha value is -2.24. The summed E-state index contributed by atoms with van der Waals surface area (Å²) in [5.74, 6) is 0.294. The van der Waals surface area contributed by atoms with Gasteiger partial charge in [0.05, 0.1) is 15.2 Å². The molecule has 1 aliphatic rings. The fourth-order valence-corrected chi connectivity index (χ4v) is 4.80. The molecule has 4 nitrogen and oxygen atoms in total. The average Bonchev–Trinajstić information content (AvgIpc) is 2.99. The second-order valence-electron chi connectivity index (χ2n) is 7.42. The summed E-state index contributed by atoms with van der Waals surface area (Å²) in [6.45, 7) is 4.71. The Bertz CT molecular complexity index is 875. The van der Waals surface area contributed by atoms with Gasteiger partial charge in [0.1, 0.15) is 0 Å². The van der Waals surface area contributed by atoms with Gasteiger partial charge in [-0.15, -0.1) is 11.3 Å². The van der Waals surface area contributed by atoms with Crippen LogP contribution in [0.4, 0.5) is 0 Å². The van der Waals surface area contributed by atoms with Crippen molar-refractivity contribution in [3.05, 3.63) is 65.2 Å². The monoisotopic (exact) mass is 393 g/mol. The van der Waals surface area contributed by atoms with Crippen molar-refractivity contribution in [1.29, 1.82) is 0 Å². The highest BCUT2D eigenvalue weighted by Crippen LogP contribution is 2.23. The zero-order chi connectivity index (χ0) is 19.2. The number of benzene rings is 2. The number of amides is 1. The maximum Gasteiger partial charge on any atom is 0.222 e. The SMILES string of the molecule is O=C(CCCc1nc2ccccc2s1)N1CCCN(Cc2ccccc2)CC1. The van der Waals surface area contributed by atoms with Gasteiger partial charge in [-0.2, -0.15) is 0 Å². The highest BCUT2D eigenvalue weighted by Gasteiger charge is 2.19. The molecule has 2 heterocycles. The number of hydrogen-bond donors (Lipinski definition) is 0. The Kier molecular flexibility index (Phi) is 6.34. The Morgan fingerprint density at radius 2 is 1.79 bits per heavy atom. The molecule has 1 saturated heterocycles. The molecule has 0 radical (unpaired) electrons. The average molecular weight is 394 g/mol. The van der Waals surface area contributed by atoms with E-state index in [1.165, 1.54) is 10.3 Å². The van der Waals surface area contributed by atoms with E-state index in [1.807, 2.05) is 12.1 Å². The molecule has 146 valence electrons. The molecule has 2 aromatic carbocycles. The molecule has 0 atom stereocenters. The molecule has 3 aromatic rings. The van der Waals surface area contributed by atoms with Gasteiger partial charge >= 0.3 is 0 Å². The van der Waals surface area contributed by atoms with Crippen LogP contribution in [0, 0.1) is 0 Å². The maximum absolute atomic E-state index is 12.7. The Morgan fingerprint density at radius 1 is 0.964 bits per heavy atom. The molecule has 1 aromatic heterocycles. The lowest BCUT2D eigenvalue weighted by Gasteiger charge is -2.22. The lowest BCUT2D eigenvalue weighted by atomic mass is 10.2. The summed E-state index contributed by atoms with van der Waals surface area (Å²) in [7, 11) is 0. The van der Waals surface area contributed by atoms with Crippen LogP contribution in [0.5, 0.6) is 0 Å². The van der Waals surface area contributed by atoms with Gasteiger partial charge < -0.3 is 4.90 Å². The molecule has 0 bridgehead atoms. The molecule has 4 rings (SSSR count). The predicted octanol–water partition coefficient (Wildman–Crippen LogP) is 4.35. The Balaban J connectivity index is 1.23. The second kappa shape index (κ2) is 9.30. The highest BCUT2D eigenvalue weighted by molar-refractivity contribution is 7.18. The fourth-order valence-electron chi connectivity index (χ4n) is 3.80. The first-order valence-electron chi connectivity index (χ1n) is 10.2. The number of thiazole rings is 1. The number of carbonyl (C=O) groups is 1. The minimum Gasteiger partial charge on any atom is -0.341 e. The van der Waals surface area contributed by atoms with Crippen LogP contribution in [0.2, 0.25) is 0 Å². The van der Waals surface area contributed by atoms with Gasteiger partial charge in [-0.25, -0.2) is 4.98 Å². The zero-order valence-electron chi connectivity index (χ0n) is 16.2. The first kappa shape index (κ1) is 19.1. The number of aromatic nitrogens is 1. The minimum atomic E-state index is 0.294. The standard InChI is InChI=1S/C23H27N3OS/c27-23(13-6-12-22-24-20-10-4-5-11-21(20)28-22)26-15-7-14-25(16-17-26)18-19-8-2-1-3-9-19/h1-5,8-11H,6-7,12-18H2. The van der Waals surface area contributed by atoms with E-state index < -0.39 is 0 Å². The van der Waals surface area contributed by atoms with E-state index in [2.05, 4.69) is 57.2 Å². The quantitative estimate of drug-likeness (QED) is 0.625. The third kappa shape index (κ3) is 4.97. The van der Waals surface area contributed by atoms with E-state index in [9.17, 15) is 4.79 Å². The summed E-state index contributed by atoms with van der Waals surface area (Å²) in [5, 5.41) is 1.14. The van der Waals surface area contributed by atoms with Crippen molar-refractivity contribution in [2.45, 2.75) is 32.2 Å². The third-order valence-electron chi connectivity index (χ3n) is 5.31. The van der Waals surface area contributed by atoms with Crippen molar-refractivity contribution < 1.29 is 4.79 Å². The van der Waals surface area contributed by atoms with Gasteiger partial charge in [0, 0.05) is 39.1 Å². The van der Waals surface area contributed by atoms with Crippen molar-refractivity contribution >= 4 is 27.5 Å². The minimum absolute atomic E-state index is 0.294. The summed E-state index contributed by atoms with van der Waals surface area (Å²) in [5.41, 5.74) is 2.41. The van der Waals surface area contributed by atoms with E-state index >= 15 is 0 Å². The molecule has 0 unspecified atom stereocenters. The normalized spacial score (nSPS) is 15.6. The highest BCUT2D eigenvalue weighted by atomic mass is 32.1. The largest absolute Gasteiger partial charge is 0.341 e. The molecular formula is C23H27N3OS. The van der Waals surface area contributed by atoms with Crippen molar-refractivity contribution in [2.24, 2.45) is 0 Å². The molecule has 0 N–H and O–H groups in total. The topological polar surface area (TPSA) is 36.4 Å². The number of hydrogen-bond acceptors (Lipinski definition) is 4. The van der Waals surface area contributed by atoms with Crippen molar-refractivity contribution in [2.75, 3.05) is 26.2 Å². The van der Waals surface area contributed by atoms with Crippen LogP contribution in [0.25, 0.3) is 10.2 Å². The van der Waals surface area contributed by atoms with E-state index in [-0.39, 0.29) is 0 Å². The van der Waals surface area contributed by atoms with Gasteiger partial charge in [0.25, 0.3) is 0 Å². The van der Waals surface area contributed by atoms with Gasteiger partial charge in [-0.3, -0.25) is 9.69 Å². The first-order chi connectivity index (χ1) is 13.8. The fraction of sp³-hybridized carbons (Fsp3) is 0.391. The third-order valence-corrected chi connectivity index (χ3v) is 6.41. The van der Waals surface area contributed by atoms with E-state index in [0.717, 1.165) is 62.5 Å². The second-order valence-corrected chi connectivity index (χ2v) is 8.54. The van der Waals surface area contributed by atoms with Crippen LogP contribution < -0.4 is 0 Å². The van der Waals surface area contributed by atoms with Crippen LogP contribution in [-0.4, -0.2) is 46.9 Å². The van der Waals surface area contributed by atoms with Gasteiger partial charge in [-0.1, -0.05) is 42.5 Å². The first-order valence-corrected chi connectivity index (χ1v) is 11.0. The van der Waals surface area contributed by atoms with Crippen LogP contribution in [0.15, 0.2) is 54.6 Å². The summed E-state index contributed by atoms with van der Waals surface area (Å²) >= 11 is 1.75. The molecule has 1 fully saturated rings. The number of fused-ring (bicyclic) bond motifs is 1. The summed E-state index contributed by atoms with van der Waals surface area (Å²) in [6.07, 6.45) is 3.44. The number of rotatable bonds is 6. The number of nitrogens with zero attached hydrogens (tertiary/aromatic N) is 3. The number of carbonyl (C=O) groups excluding carboxylic acids is 1. The van der Waals surface area contributed by atoms with Crippen molar-refractivity contribution in [3.63, 3.8) is 0 Å². The number of para-hydroxylation sites is 1. The van der Waals surface area contributed by atoms with Crippen LogP contribution in [-0.2, 0) is 17.8 Å². The molecule has 5 heteroatoms. The molecule has 0 aliphatic carbocycles. The van der Waals surface area contributed by atoms with Crippen molar-refractivity contribution in [1.82, 2.24) is 14.8 Å². The van der Waals surface area contributed by atoms with E-state index in [0.29, 0.717) is 12.3 Å². The van der Waals surface area contributed by atoms with Gasteiger partial charge in [0.2, 0.25) is 5.91 Å². The molecule has 1 aliphatic heterocycles. The zero-order valence-corrected chi connectivity index (χ0v) is 17.0. The Labute approximate surface area is 170 Å². The number of aryl methyl sites for hydroxylation is 1. The van der Waals surface area contributed by atoms with Crippen LogP contribution in [0.1, 0.15) is 29.8 Å². The van der Waals surface area contributed by atoms with E-state index in [4.69, 9.17) is 0 Å². The predicted molar refractivity (Wildman–Crippen MR) is 115 cm³/mol. The van der Waals surface area contributed by atoms with Crippen LogP contribution in [0.3, 0.4) is 0 Å². The Morgan fingerprint density at radius 3 is 2.64 bits per heavy atom. The van der Waals surface area contributed by atoms with Gasteiger partial charge in [0.15, 0.2) is 0 Å². The van der Waals surface area contributed by atoms with E-state index in [1.54, 1.807) is 11.3 Å².